The zero-order valence-electron chi connectivity index (χ0n) is 16.3. The van der Waals surface area contributed by atoms with E-state index in [-0.39, 0.29) is 35.3 Å². The maximum absolute atomic E-state index is 12.7. The molecule has 0 aromatic heterocycles. The quantitative estimate of drug-likeness (QED) is 0.627. The van der Waals surface area contributed by atoms with Crippen molar-refractivity contribution in [2.24, 2.45) is 5.10 Å². The summed E-state index contributed by atoms with van der Waals surface area (Å²) in [5.74, 6) is -0.425. The van der Waals surface area contributed by atoms with Crippen molar-refractivity contribution in [3.63, 3.8) is 0 Å². The van der Waals surface area contributed by atoms with Crippen molar-refractivity contribution in [2.75, 3.05) is 32.1 Å². The third-order valence-corrected chi connectivity index (χ3v) is 8.09. The average Bonchev–Trinajstić information content (AvgIpc) is 3.00. The summed E-state index contributed by atoms with van der Waals surface area (Å²) >= 11 is 0. The van der Waals surface area contributed by atoms with Gasteiger partial charge in [0.1, 0.15) is 11.3 Å². The van der Waals surface area contributed by atoms with E-state index in [1.54, 1.807) is 0 Å². The number of rotatable bonds is 5. The van der Waals surface area contributed by atoms with E-state index in [2.05, 4.69) is 24.5 Å². The molecule has 0 aromatic rings. The molecule has 2 heterocycles. The van der Waals surface area contributed by atoms with Crippen molar-refractivity contribution < 1.29 is 22.9 Å². The zero-order chi connectivity index (χ0) is 19.7. The molecule has 2 aliphatic heterocycles. The maximum Gasteiger partial charge on any atom is 0.267 e. The minimum atomic E-state index is -3.11. The van der Waals surface area contributed by atoms with E-state index in [1.165, 1.54) is 29.2 Å². The van der Waals surface area contributed by atoms with Crippen molar-refractivity contribution in [2.45, 2.75) is 62.9 Å². The van der Waals surface area contributed by atoms with Crippen LogP contribution >= 0.6 is 0 Å². The third kappa shape index (κ3) is 4.51. The number of likely N-dealkylation sites (N-methyl/N-ethyl adjacent to an activating group) is 1. The highest BCUT2D eigenvalue weighted by atomic mass is 32.2. The second kappa shape index (κ2) is 7.87. The number of carbonyl (C=O) groups excluding carboxylic acids is 2. The Morgan fingerprint density at radius 3 is 2.56 bits per heavy atom. The molecule has 9 heteroatoms. The monoisotopic (exact) mass is 399 g/mol. The van der Waals surface area contributed by atoms with Gasteiger partial charge in [-0.25, -0.2) is 13.4 Å². The molecule has 0 unspecified atom stereocenters. The van der Waals surface area contributed by atoms with Gasteiger partial charge in [0.05, 0.1) is 38.2 Å². The fourth-order valence-electron chi connectivity index (χ4n) is 4.42. The number of amides is 2. The fourth-order valence-corrected chi connectivity index (χ4v) is 6.11. The van der Waals surface area contributed by atoms with Gasteiger partial charge in [-0.1, -0.05) is 6.42 Å². The Labute approximate surface area is 161 Å². The molecule has 3 rings (SSSR count). The van der Waals surface area contributed by atoms with Gasteiger partial charge in [0, 0.05) is 25.7 Å². The van der Waals surface area contributed by atoms with E-state index < -0.39 is 15.9 Å². The molecule has 152 valence electrons. The highest BCUT2D eigenvalue weighted by molar-refractivity contribution is 7.91. The summed E-state index contributed by atoms with van der Waals surface area (Å²) in [6, 6.07) is -0.443. The Hall–Kier alpha value is -1.48. The van der Waals surface area contributed by atoms with Crippen LogP contribution in [0.25, 0.3) is 0 Å². The average molecular weight is 400 g/mol. The van der Waals surface area contributed by atoms with Crippen LogP contribution < -0.4 is 10.2 Å². The molecule has 3 aliphatic rings. The number of nitrogens with one attached hydrogen (secondary N) is 2. The summed E-state index contributed by atoms with van der Waals surface area (Å²) in [4.78, 5) is 26.2. The summed E-state index contributed by atoms with van der Waals surface area (Å²) in [6.45, 7) is 0.596. The number of sulfone groups is 1. The molecule has 27 heavy (non-hydrogen) atoms. The maximum atomic E-state index is 12.7. The second-order valence-corrected chi connectivity index (χ2v) is 10.6. The van der Waals surface area contributed by atoms with Gasteiger partial charge in [-0.05, 0) is 19.3 Å². The predicted molar refractivity (Wildman–Crippen MR) is 102 cm³/mol. The van der Waals surface area contributed by atoms with Crippen LogP contribution in [0.3, 0.4) is 0 Å². The van der Waals surface area contributed by atoms with Gasteiger partial charge in [0.15, 0.2) is 9.84 Å². The van der Waals surface area contributed by atoms with Gasteiger partial charge in [-0.3, -0.25) is 9.59 Å². The Kier molecular flexibility index (Phi) is 5.90. The molecule has 0 aromatic carbocycles. The molecule has 1 saturated heterocycles. The molecule has 0 radical (unpaired) electrons. The third-order valence-electron chi connectivity index (χ3n) is 6.33. The van der Waals surface area contributed by atoms with Gasteiger partial charge < -0.3 is 10.2 Å². The molecule has 8 nitrogen and oxygen atoms in total. The van der Waals surface area contributed by atoms with E-state index in [0.29, 0.717) is 25.1 Å². The first-order valence-electron chi connectivity index (χ1n) is 9.91. The van der Waals surface area contributed by atoms with Gasteiger partial charge >= 0.3 is 0 Å². The van der Waals surface area contributed by atoms with Crippen LogP contribution in [0.15, 0.2) is 5.10 Å². The lowest BCUT2D eigenvalue weighted by Gasteiger charge is -2.40. The summed E-state index contributed by atoms with van der Waals surface area (Å²) in [6.07, 6.45) is 6.69. The topological polar surface area (TPSA) is 100 Å². The van der Waals surface area contributed by atoms with Crippen molar-refractivity contribution >= 4 is 27.4 Å². The molecule has 0 bridgehead atoms. The van der Waals surface area contributed by atoms with Gasteiger partial charge in [-0.15, -0.1) is 0 Å². The van der Waals surface area contributed by atoms with Crippen LogP contribution in [-0.4, -0.2) is 74.7 Å². The number of hydrogen-bond donors (Lipinski definition) is 2. The van der Waals surface area contributed by atoms with E-state index in [1.807, 2.05) is 0 Å². The molecule has 2 N–H and O–H groups in total. The SMILES string of the molecule is C[NH+](C)C1(CNC(=O)C2=NN([C@@H]3CCS(=O)(=O)C3)C(=O)CC2)CCCCC1. The lowest BCUT2D eigenvalue weighted by Crippen LogP contribution is -3.16. The normalized spacial score (nSPS) is 27.5. The predicted octanol–water partition coefficient (Wildman–Crippen LogP) is -0.884. The second-order valence-electron chi connectivity index (χ2n) is 8.37. The van der Waals surface area contributed by atoms with Crippen LogP contribution in [0.4, 0.5) is 0 Å². The first-order valence-corrected chi connectivity index (χ1v) is 11.7. The summed E-state index contributed by atoms with van der Waals surface area (Å²) in [5, 5.41) is 8.55. The zero-order valence-corrected chi connectivity index (χ0v) is 17.1. The van der Waals surface area contributed by atoms with Gasteiger partial charge in [-0.2, -0.15) is 5.10 Å². The van der Waals surface area contributed by atoms with Crippen LogP contribution in [0.2, 0.25) is 0 Å². The van der Waals surface area contributed by atoms with Gasteiger partial charge in [0.2, 0.25) is 5.91 Å². The molecule has 1 saturated carbocycles. The van der Waals surface area contributed by atoms with E-state index in [4.69, 9.17) is 0 Å². The first kappa shape index (κ1) is 20.3. The number of hydrogen-bond acceptors (Lipinski definition) is 5. The standard InChI is InChI=1S/C18H30N4O4S/c1-21(2)18(9-4-3-5-10-18)13-19-17(24)15-6-7-16(23)22(20-15)14-8-11-27(25,26)12-14/h14H,3-13H2,1-2H3,(H,19,24)/p+1/t14-/m1/s1. The van der Waals surface area contributed by atoms with Crippen LogP contribution in [0.5, 0.6) is 0 Å². The summed E-state index contributed by atoms with van der Waals surface area (Å²) in [7, 11) is 1.16. The van der Waals surface area contributed by atoms with Crippen LogP contribution in [0, 0.1) is 0 Å². The minimum absolute atomic E-state index is 0.0537. The first-order chi connectivity index (χ1) is 12.7. The number of quaternary nitrogens is 1. The largest absolute Gasteiger partial charge is 0.345 e. The van der Waals surface area contributed by atoms with Crippen molar-refractivity contribution in [1.29, 1.82) is 0 Å². The Bertz CT molecular complexity index is 726. The summed E-state index contributed by atoms with van der Waals surface area (Å²) < 4.78 is 23.4. The fraction of sp³-hybridized carbons (Fsp3) is 0.833. The Morgan fingerprint density at radius 2 is 1.96 bits per heavy atom. The van der Waals surface area contributed by atoms with E-state index >= 15 is 0 Å². The van der Waals surface area contributed by atoms with Crippen molar-refractivity contribution in [3.05, 3.63) is 0 Å². The molecular weight excluding hydrogens is 368 g/mol. The smallest absolute Gasteiger partial charge is 0.267 e. The molecule has 1 atom stereocenters. The van der Waals surface area contributed by atoms with Gasteiger partial charge in [0.25, 0.3) is 5.91 Å². The van der Waals surface area contributed by atoms with Crippen LogP contribution in [-0.2, 0) is 19.4 Å². The lowest BCUT2D eigenvalue weighted by atomic mass is 9.80. The number of carbonyl (C=O) groups is 2. The number of nitrogens with zero attached hydrogens (tertiary/aromatic N) is 2. The van der Waals surface area contributed by atoms with Crippen molar-refractivity contribution in [3.8, 4) is 0 Å². The molecule has 0 spiro atoms. The number of hydrazone groups is 1. The van der Waals surface area contributed by atoms with Crippen LogP contribution in [0.1, 0.15) is 51.4 Å². The molecular formula is C18H31N4O4S+. The van der Waals surface area contributed by atoms with E-state index in [0.717, 1.165) is 12.8 Å². The molecule has 2 fully saturated rings. The highest BCUT2D eigenvalue weighted by Gasteiger charge is 2.40. The molecule has 2 amide bonds. The lowest BCUT2D eigenvalue weighted by molar-refractivity contribution is -0.916. The van der Waals surface area contributed by atoms with Crippen molar-refractivity contribution in [1.82, 2.24) is 10.3 Å². The minimum Gasteiger partial charge on any atom is -0.345 e. The Morgan fingerprint density at radius 1 is 1.26 bits per heavy atom. The summed E-state index contributed by atoms with van der Waals surface area (Å²) in [5.41, 5.74) is 0.386. The van der Waals surface area contributed by atoms with E-state index in [9.17, 15) is 18.0 Å². The Balaban J connectivity index is 1.66. The highest BCUT2D eigenvalue weighted by Crippen LogP contribution is 2.25. The molecule has 1 aliphatic carbocycles.